The third kappa shape index (κ3) is 1.09. The summed E-state index contributed by atoms with van der Waals surface area (Å²) in [6.07, 6.45) is 4.23. The molecule has 2 heteroatoms. The van der Waals surface area contributed by atoms with Gasteiger partial charge in [-0.25, -0.2) is 0 Å². The molecule has 1 aliphatic heterocycles. The van der Waals surface area contributed by atoms with Gasteiger partial charge in [0.15, 0.2) is 0 Å². The van der Waals surface area contributed by atoms with Crippen molar-refractivity contribution in [3.63, 3.8) is 0 Å². The number of nitrogens with zero attached hydrogens (tertiary/aromatic N) is 1. The van der Waals surface area contributed by atoms with Gasteiger partial charge in [-0.15, -0.1) is 0 Å². The molecule has 2 heterocycles. The van der Waals surface area contributed by atoms with E-state index in [1.807, 2.05) is 6.20 Å². The summed E-state index contributed by atoms with van der Waals surface area (Å²) in [4.78, 5) is 4.32. The van der Waals surface area contributed by atoms with E-state index in [-0.39, 0.29) is 0 Å². The van der Waals surface area contributed by atoms with Gasteiger partial charge in [0, 0.05) is 12.7 Å². The molecule has 0 aliphatic carbocycles. The molecule has 0 amide bonds. The van der Waals surface area contributed by atoms with E-state index >= 15 is 0 Å². The van der Waals surface area contributed by atoms with Gasteiger partial charge in [-0.3, -0.25) is 4.98 Å². The highest BCUT2D eigenvalue weighted by molar-refractivity contribution is 5.55. The van der Waals surface area contributed by atoms with Gasteiger partial charge >= 0.3 is 0 Å². The van der Waals surface area contributed by atoms with Crippen LogP contribution < -0.4 is 5.32 Å². The van der Waals surface area contributed by atoms with Crippen molar-refractivity contribution in [1.29, 1.82) is 0 Å². The van der Waals surface area contributed by atoms with Crippen LogP contribution in [-0.4, -0.2) is 11.5 Å². The highest BCUT2D eigenvalue weighted by Crippen LogP contribution is 2.22. The Morgan fingerprint density at radius 3 is 3.27 bits per heavy atom. The Kier molecular flexibility index (Phi) is 1.53. The van der Waals surface area contributed by atoms with Crippen molar-refractivity contribution in [1.82, 2.24) is 4.98 Å². The molecule has 2 nitrogen and oxygen atoms in total. The normalized spacial score (nSPS) is 15.4. The minimum atomic E-state index is 1.10. The van der Waals surface area contributed by atoms with Gasteiger partial charge in [0.05, 0.1) is 11.4 Å². The smallest absolute Gasteiger partial charge is 0.0638 e. The highest BCUT2D eigenvalue weighted by atomic mass is 14.9. The first-order valence-corrected chi connectivity index (χ1v) is 4.06. The highest BCUT2D eigenvalue weighted by Gasteiger charge is 2.10. The number of rotatable bonds is 0. The fourth-order valence-corrected chi connectivity index (χ4v) is 1.51. The van der Waals surface area contributed by atoms with Gasteiger partial charge in [-0.2, -0.15) is 0 Å². The summed E-state index contributed by atoms with van der Waals surface area (Å²) in [6, 6.07) is 2.05. The summed E-state index contributed by atoms with van der Waals surface area (Å²) < 4.78 is 0. The van der Waals surface area contributed by atoms with E-state index in [1.165, 1.54) is 23.4 Å². The van der Waals surface area contributed by atoms with Crippen molar-refractivity contribution < 1.29 is 0 Å². The molecule has 1 aliphatic rings. The fourth-order valence-electron chi connectivity index (χ4n) is 1.51. The Bertz CT molecular complexity index is 268. The minimum Gasteiger partial charge on any atom is -0.383 e. The second-order valence-electron chi connectivity index (χ2n) is 2.98. The van der Waals surface area contributed by atoms with Crippen molar-refractivity contribution in [2.45, 2.75) is 19.8 Å². The number of nitrogens with one attached hydrogen (secondary N) is 1. The molecule has 0 radical (unpaired) electrons. The quantitative estimate of drug-likeness (QED) is 0.606. The lowest BCUT2D eigenvalue weighted by Gasteiger charge is -2.18. The van der Waals surface area contributed by atoms with Crippen LogP contribution in [0.15, 0.2) is 12.3 Å². The van der Waals surface area contributed by atoms with Crippen LogP contribution in [0.5, 0.6) is 0 Å². The van der Waals surface area contributed by atoms with Crippen LogP contribution in [0, 0.1) is 6.92 Å². The van der Waals surface area contributed by atoms with Crippen LogP contribution in [0.4, 0.5) is 5.69 Å². The van der Waals surface area contributed by atoms with E-state index in [0.29, 0.717) is 0 Å². The Labute approximate surface area is 66.7 Å². The number of pyridine rings is 1. The molecule has 58 valence electrons. The number of anilines is 1. The second-order valence-corrected chi connectivity index (χ2v) is 2.98. The van der Waals surface area contributed by atoms with Crippen LogP contribution in [0.25, 0.3) is 0 Å². The van der Waals surface area contributed by atoms with Crippen molar-refractivity contribution in [3.05, 3.63) is 23.5 Å². The minimum absolute atomic E-state index is 1.10. The molecule has 0 unspecified atom stereocenters. The lowest BCUT2D eigenvalue weighted by molar-refractivity contribution is 0.799. The van der Waals surface area contributed by atoms with Gasteiger partial charge in [-0.05, 0) is 31.4 Å². The van der Waals surface area contributed by atoms with Gasteiger partial charge < -0.3 is 5.32 Å². The molecule has 0 saturated heterocycles. The molecule has 0 atom stereocenters. The van der Waals surface area contributed by atoms with Crippen LogP contribution in [-0.2, 0) is 6.42 Å². The maximum absolute atomic E-state index is 4.32. The SMILES string of the molecule is Cc1ccnc2c1NCCC2. The average molecular weight is 148 g/mol. The molecular weight excluding hydrogens is 136 g/mol. The van der Waals surface area contributed by atoms with Gasteiger partial charge in [-0.1, -0.05) is 0 Å². The summed E-state index contributed by atoms with van der Waals surface area (Å²) in [5, 5.41) is 3.37. The van der Waals surface area contributed by atoms with Crippen LogP contribution in [0.2, 0.25) is 0 Å². The van der Waals surface area contributed by atoms with Crippen LogP contribution in [0.3, 0.4) is 0 Å². The number of aromatic nitrogens is 1. The number of hydrogen-bond donors (Lipinski definition) is 1. The lowest BCUT2D eigenvalue weighted by Crippen LogP contribution is -2.13. The first-order valence-electron chi connectivity index (χ1n) is 4.06. The third-order valence-corrected chi connectivity index (χ3v) is 2.13. The second kappa shape index (κ2) is 2.53. The van der Waals surface area contributed by atoms with Crippen LogP contribution >= 0.6 is 0 Å². The molecule has 2 rings (SSSR count). The van der Waals surface area contributed by atoms with Crippen molar-refractivity contribution >= 4 is 5.69 Å². The Morgan fingerprint density at radius 1 is 1.55 bits per heavy atom. The lowest BCUT2D eigenvalue weighted by atomic mass is 10.1. The van der Waals surface area contributed by atoms with E-state index in [0.717, 1.165) is 13.0 Å². The Morgan fingerprint density at radius 2 is 2.45 bits per heavy atom. The third-order valence-electron chi connectivity index (χ3n) is 2.13. The summed E-state index contributed by atoms with van der Waals surface area (Å²) in [7, 11) is 0. The molecule has 0 aromatic carbocycles. The zero-order valence-corrected chi connectivity index (χ0v) is 6.72. The molecule has 0 spiro atoms. The molecule has 1 aromatic heterocycles. The Balaban J connectivity index is 2.49. The molecule has 1 N–H and O–H groups in total. The first-order chi connectivity index (χ1) is 5.38. The molecule has 0 saturated carbocycles. The monoisotopic (exact) mass is 148 g/mol. The predicted molar refractivity (Wildman–Crippen MR) is 45.8 cm³/mol. The zero-order chi connectivity index (χ0) is 7.68. The van der Waals surface area contributed by atoms with E-state index in [9.17, 15) is 0 Å². The van der Waals surface area contributed by atoms with Crippen molar-refractivity contribution in [2.24, 2.45) is 0 Å². The van der Waals surface area contributed by atoms with Crippen LogP contribution in [0.1, 0.15) is 17.7 Å². The fraction of sp³-hybridized carbons (Fsp3) is 0.444. The molecule has 0 fully saturated rings. The largest absolute Gasteiger partial charge is 0.383 e. The van der Waals surface area contributed by atoms with Crippen molar-refractivity contribution in [3.8, 4) is 0 Å². The summed E-state index contributed by atoms with van der Waals surface area (Å²) >= 11 is 0. The maximum atomic E-state index is 4.32. The number of fused-ring (bicyclic) bond motifs is 1. The van der Waals surface area contributed by atoms with E-state index in [1.54, 1.807) is 0 Å². The van der Waals surface area contributed by atoms with Gasteiger partial charge in [0.25, 0.3) is 0 Å². The zero-order valence-electron chi connectivity index (χ0n) is 6.72. The molecular formula is C9H12N2. The van der Waals surface area contributed by atoms with E-state index in [4.69, 9.17) is 0 Å². The standard InChI is InChI=1S/C9H12N2/c1-7-4-6-10-8-3-2-5-11-9(7)8/h4,6,11H,2-3,5H2,1H3. The number of hydrogen-bond acceptors (Lipinski definition) is 2. The van der Waals surface area contributed by atoms with E-state index < -0.39 is 0 Å². The topological polar surface area (TPSA) is 24.9 Å². The molecule has 11 heavy (non-hydrogen) atoms. The summed E-state index contributed by atoms with van der Waals surface area (Å²) in [6.45, 7) is 3.22. The average Bonchev–Trinajstić information content (AvgIpc) is 2.06. The van der Waals surface area contributed by atoms with Gasteiger partial charge in [0.2, 0.25) is 0 Å². The first kappa shape index (κ1) is 6.65. The predicted octanol–water partition coefficient (Wildman–Crippen LogP) is 1.75. The van der Waals surface area contributed by atoms with E-state index in [2.05, 4.69) is 23.3 Å². The van der Waals surface area contributed by atoms with Crippen molar-refractivity contribution in [2.75, 3.05) is 11.9 Å². The Hall–Kier alpha value is -1.05. The summed E-state index contributed by atoms with van der Waals surface area (Å²) in [5.41, 5.74) is 3.81. The maximum Gasteiger partial charge on any atom is 0.0638 e. The summed E-state index contributed by atoms with van der Waals surface area (Å²) in [5.74, 6) is 0. The van der Waals surface area contributed by atoms with Gasteiger partial charge in [0.1, 0.15) is 0 Å². The number of aryl methyl sites for hydroxylation is 2. The molecule has 0 bridgehead atoms. The molecule has 1 aromatic rings.